The van der Waals surface area contributed by atoms with Gasteiger partial charge in [0, 0.05) is 50.2 Å². The lowest BCUT2D eigenvalue weighted by Crippen LogP contribution is -2.49. The van der Waals surface area contributed by atoms with E-state index in [1.54, 1.807) is 12.4 Å². The summed E-state index contributed by atoms with van der Waals surface area (Å²) in [6.45, 7) is 5.73. The number of rotatable bonds is 4. The molecule has 7 nitrogen and oxygen atoms in total. The maximum Gasteiger partial charge on any atom is 0.254 e. The molecule has 0 amide bonds. The second-order valence-corrected chi connectivity index (χ2v) is 7.28. The van der Waals surface area contributed by atoms with Gasteiger partial charge in [-0.1, -0.05) is 13.0 Å². The highest BCUT2D eigenvalue weighted by Crippen LogP contribution is 2.29. The third kappa shape index (κ3) is 3.69. The Bertz CT molecular complexity index is 964. The minimum atomic E-state index is -0.0274. The van der Waals surface area contributed by atoms with Gasteiger partial charge in [-0.25, -0.2) is 9.97 Å². The fourth-order valence-electron chi connectivity index (χ4n) is 3.95. The smallest absolute Gasteiger partial charge is 0.254 e. The first-order valence-corrected chi connectivity index (χ1v) is 9.82. The molecule has 1 N–H and O–H groups in total. The van der Waals surface area contributed by atoms with Gasteiger partial charge < -0.3 is 9.88 Å². The van der Waals surface area contributed by atoms with Crippen molar-refractivity contribution in [3.63, 3.8) is 0 Å². The zero-order chi connectivity index (χ0) is 19.5. The zero-order valence-corrected chi connectivity index (χ0v) is 16.1. The van der Waals surface area contributed by atoms with Crippen molar-refractivity contribution in [1.29, 1.82) is 5.26 Å². The standard InChI is InChI=1S/C21H24N6O/c1-2-16-14-24-20(25-21(16)28)17-4-5-18(11-17)26-7-9-27(10-8-26)19-6-3-15(12-22)13-23-19/h3,6,11,13-14,18H,2,4-5,7-10H2,1H3,(H,24,25,28). The summed E-state index contributed by atoms with van der Waals surface area (Å²) in [6.07, 6.45) is 8.29. The maximum absolute atomic E-state index is 12.1. The number of nitrogens with zero attached hydrogens (tertiary/aromatic N) is 5. The third-order valence-corrected chi connectivity index (χ3v) is 5.65. The topological polar surface area (TPSA) is 88.9 Å². The predicted octanol–water partition coefficient (Wildman–Crippen LogP) is 1.97. The number of hydrogen-bond donors (Lipinski definition) is 1. The zero-order valence-electron chi connectivity index (χ0n) is 16.1. The van der Waals surface area contributed by atoms with E-state index in [0.717, 1.165) is 56.0 Å². The molecule has 28 heavy (non-hydrogen) atoms. The van der Waals surface area contributed by atoms with Crippen LogP contribution in [0.4, 0.5) is 5.82 Å². The molecule has 0 radical (unpaired) electrons. The van der Waals surface area contributed by atoms with Gasteiger partial charge in [-0.05, 0) is 37.0 Å². The van der Waals surface area contributed by atoms with Gasteiger partial charge in [0.25, 0.3) is 5.56 Å². The van der Waals surface area contributed by atoms with Gasteiger partial charge in [-0.3, -0.25) is 9.69 Å². The van der Waals surface area contributed by atoms with Crippen LogP contribution in [0.15, 0.2) is 35.4 Å². The van der Waals surface area contributed by atoms with E-state index in [1.807, 2.05) is 19.1 Å². The molecule has 4 rings (SSSR count). The molecule has 1 saturated heterocycles. The summed E-state index contributed by atoms with van der Waals surface area (Å²) >= 11 is 0. The molecule has 144 valence electrons. The molecule has 2 aromatic heterocycles. The molecule has 1 atom stereocenters. The van der Waals surface area contributed by atoms with E-state index in [2.05, 4.69) is 36.9 Å². The Kier molecular flexibility index (Phi) is 5.22. The predicted molar refractivity (Wildman–Crippen MR) is 108 cm³/mol. The van der Waals surface area contributed by atoms with Gasteiger partial charge >= 0.3 is 0 Å². The monoisotopic (exact) mass is 376 g/mol. The van der Waals surface area contributed by atoms with Crippen molar-refractivity contribution < 1.29 is 0 Å². The number of anilines is 1. The molecule has 1 fully saturated rings. The number of aryl methyl sites for hydroxylation is 1. The average molecular weight is 376 g/mol. The van der Waals surface area contributed by atoms with E-state index in [9.17, 15) is 4.79 Å². The molecular formula is C21H24N6O. The van der Waals surface area contributed by atoms with E-state index in [0.29, 0.717) is 23.9 Å². The SMILES string of the molecule is CCc1cnc(C2=CC(N3CCN(c4ccc(C#N)cn4)CC3)CC2)[nH]c1=O. The van der Waals surface area contributed by atoms with Gasteiger partial charge in [0.05, 0.1) is 5.56 Å². The largest absolute Gasteiger partial charge is 0.354 e. The lowest BCUT2D eigenvalue weighted by molar-refractivity contribution is 0.214. The molecule has 0 bridgehead atoms. The second kappa shape index (κ2) is 7.95. The van der Waals surface area contributed by atoms with Gasteiger partial charge in [0.1, 0.15) is 17.7 Å². The van der Waals surface area contributed by atoms with Gasteiger partial charge in [0.15, 0.2) is 0 Å². The second-order valence-electron chi connectivity index (χ2n) is 7.28. The Morgan fingerprint density at radius 2 is 2.04 bits per heavy atom. The Balaban J connectivity index is 1.39. The third-order valence-electron chi connectivity index (χ3n) is 5.65. The summed E-state index contributed by atoms with van der Waals surface area (Å²) < 4.78 is 0. The minimum Gasteiger partial charge on any atom is -0.354 e. The van der Waals surface area contributed by atoms with Gasteiger partial charge in [-0.2, -0.15) is 5.26 Å². The fourth-order valence-corrected chi connectivity index (χ4v) is 3.95. The van der Waals surface area contributed by atoms with E-state index in [4.69, 9.17) is 5.26 Å². The van der Waals surface area contributed by atoms with E-state index >= 15 is 0 Å². The van der Waals surface area contributed by atoms with Crippen LogP contribution in [0.1, 0.15) is 36.7 Å². The van der Waals surface area contributed by atoms with Crippen LogP contribution in [0.2, 0.25) is 0 Å². The summed E-state index contributed by atoms with van der Waals surface area (Å²) in [5, 5.41) is 8.90. The summed E-state index contributed by atoms with van der Waals surface area (Å²) in [4.78, 5) is 28.6. The van der Waals surface area contributed by atoms with Crippen molar-refractivity contribution in [2.75, 3.05) is 31.1 Å². The summed E-state index contributed by atoms with van der Waals surface area (Å²) in [5.74, 6) is 1.64. The highest BCUT2D eigenvalue weighted by atomic mass is 16.1. The molecule has 0 saturated carbocycles. The Labute approximate surface area is 164 Å². The fraction of sp³-hybridized carbons (Fsp3) is 0.429. The summed E-state index contributed by atoms with van der Waals surface area (Å²) in [5.41, 5.74) is 2.43. The molecule has 2 aliphatic rings. The average Bonchev–Trinajstić information content (AvgIpc) is 3.24. The van der Waals surface area contributed by atoms with Gasteiger partial charge in [0.2, 0.25) is 0 Å². The van der Waals surface area contributed by atoms with Gasteiger partial charge in [-0.15, -0.1) is 0 Å². The quantitative estimate of drug-likeness (QED) is 0.878. The van der Waals surface area contributed by atoms with Crippen LogP contribution < -0.4 is 10.5 Å². The van der Waals surface area contributed by atoms with Crippen LogP contribution in [0.25, 0.3) is 5.57 Å². The van der Waals surface area contributed by atoms with Crippen molar-refractivity contribution >= 4 is 11.4 Å². The number of hydrogen-bond acceptors (Lipinski definition) is 6. The lowest BCUT2D eigenvalue weighted by Gasteiger charge is -2.38. The summed E-state index contributed by atoms with van der Waals surface area (Å²) in [7, 11) is 0. The number of nitrogens with one attached hydrogen (secondary N) is 1. The number of aromatic amines is 1. The van der Waals surface area contributed by atoms with Crippen molar-refractivity contribution in [2.24, 2.45) is 0 Å². The van der Waals surface area contributed by atoms with Crippen LogP contribution in [-0.4, -0.2) is 52.1 Å². The molecule has 2 aromatic rings. The van der Waals surface area contributed by atoms with Crippen LogP contribution in [0.5, 0.6) is 0 Å². The van der Waals surface area contributed by atoms with Crippen molar-refractivity contribution in [3.8, 4) is 6.07 Å². The number of allylic oxidation sites excluding steroid dienone is 1. The van der Waals surface area contributed by atoms with Crippen LogP contribution in [0, 0.1) is 11.3 Å². The van der Waals surface area contributed by atoms with Crippen molar-refractivity contribution in [2.45, 2.75) is 32.2 Å². The Morgan fingerprint density at radius 3 is 2.68 bits per heavy atom. The number of H-pyrrole nitrogens is 1. The molecule has 1 unspecified atom stereocenters. The molecule has 0 aromatic carbocycles. The lowest BCUT2D eigenvalue weighted by atomic mass is 10.2. The van der Waals surface area contributed by atoms with Crippen LogP contribution >= 0.6 is 0 Å². The first-order chi connectivity index (χ1) is 13.7. The normalized spacial score (nSPS) is 20.1. The van der Waals surface area contributed by atoms with E-state index < -0.39 is 0 Å². The number of pyridine rings is 1. The Hall–Kier alpha value is -2.98. The first kappa shape index (κ1) is 18.4. The van der Waals surface area contributed by atoms with E-state index in [-0.39, 0.29) is 5.56 Å². The molecule has 1 aliphatic carbocycles. The molecule has 7 heteroatoms. The van der Waals surface area contributed by atoms with Crippen molar-refractivity contribution in [3.05, 3.63) is 57.9 Å². The van der Waals surface area contributed by atoms with Crippen LogP contribution in [0.3, 0.4) is 0 Å². The minimum absolute atomic E-state index is 0.0274. The first-order valence-electron chi connectivity index (χ1n) is 9.82. The molecule has 1 aliphatic heterocycles. The molecular weight excluding hydrogens is 352 g/mol. The van der Waals surface area contributed by atoms with E-state index in [1.165, 1.54) is 0 Å². The maximum atomic E-state index is 12.1. The highest BCUT2D eigenvalue weighted by molar-refractivity contribution is 5.62. The van der Waals surface area contributed by atoms with Crippen LogP contribution in [-0.2, 0) is 6.42 Å². The highest BCUT2D eigenvalue weighted by Gasteiger charge is 2.27. The number of nitriles is 1. The molecule has 3 heterocycles. The number of aromatic nitrogens is 3. The molecule has 0 spiro atoms. The Morgan fingerprint density at radius 1 is 1.21 bits per heavy atom. The summed E-state index contributed by atoms with van der Waals surface area (Å²) in [6, 6.07) is 6.23. The number of piperazine rings is 1. The van der Waals surface area contributed by atoms with Crippen molar-refractivity contribution in [1.82, 2.24) is 19.9 Å².